The highest BCUT2D eigenvalue weighted by Gasteiger charge is 2.34. The van der Waals surface area contributed by atoms with Crippen molar-refractivity contribution in [1.82, 2.24) is 10.3 Å². The smallest absolute Gasteiger partial charge is 0.420 e. The van der Waals surface area contributed by atoms with E-state index in [0.717, 1.165) is 43.1 Å². The lowest BCUT2D eigenvalue weighted by Crippen LogP contribution is -2.15. The van der Waals surface area contributed by atoms with Gasteiger partial charge in [-0.2, -0.15) is 13.2 Å². The molecule has 9 heteroatoms. The van der Waals surface area contributed by atoms with Crippen LogP contribution >= 0.6 is 23.1 Å². The number of thioether (sulfide) groups is 1. The summed E-state index contributed by atoms with van der Waals surface area (Å²) in [6.45, 7) is 4.49. The van der Waals surface area contributed by atoms with Gasteiger partial charge in [-0.1, -0.05) is 39.0 Å². The average molecular weight is 472 g/mol. The van der Waals surface area contributed by atoms with Gasteiger partial charge in [0.1, 0.15) is 5.75 Å². The number of thiazole rings is 1. The molecule has 0 radical (unpaired) electrons. The van der Waals surface area contributed by atoms with E-state index in [2.05, 4.69) is 29.5 Å². The van der Waals surface area contributed by atoms with Crippen LogP contribution in [0.4, 0.5) is 24.0 Å². The number of rotatable bonds is 11. The highest BCUT2D eigenvalue weighted by Crippen LogP contribution is 2.39. The van der Waals surface area contributed by atoms with Crippen LogP contribution in [0.3, 0.4) is 0 Å². The first-order chi connectivity index (χ1) is 14.9. The van der Waals surface area contributed by atoms with E-state index >= 15 is 0 Å². The van der Waals surface area contributed by atoms with Crippen LogP contribution in [0.1, 0.15) is 63.6 Å². The lowest BCUT2D eigenvalue weighted by atomic mass is 10.1. The number of anilines is 2. The summed E-state index contributed by atoms with van der Waals surface area (Å²) in [6.07, 6.45) is 1.84. The van der Waals surface area contributed by atoms with Gasteiger partial charge < -0.3 is 15.4 Å². The van der Waals surface area contributed by atoms with Gasteiger partial charge in [-0.05, 0) is 37.0 Å². The zero-order valence-electron chi connectivity index (χ0n) is 17.7. The molecule has 0 spiro atoms. The van der Waals surface area contributed by atoms with Gasteiger partial charge in [0, 0.05) is 11.1 Å². The second-order valence-corrected chi connectivity index (χ2v) is 9.52. The zero-order valence-corrected chi connectivity index (χ0v) is 19.4. The van der Waals surface area contributed by atoms with E-state index in [4.69, 9.17) is 4.74 Å². The topological polar surface area (TPSA) is 46.2 Å². The summed E-state index contributed by atoms with van der Waals surface area (Å²) in [5, 5.41) is 11.0. The predicted molar refractivity (Wildman–Crippen MR) is 124 cm³/mol. The fourth-order valence-corrected chi connectivity index (χ4v) is 4.64. The van der Waals surface area contributed by atoms with Gasteiger partial charge in [0.2, 0.25) is 0 Å². The van der Waals surface area contributed by atoms with Crippen LogP contribution < -0.4 is 15.4 Å². The van der Waals surface area contributed by atoms with Gasteiger partial charge in [-0.15, -0.1) is 23.1 Å². The number of benzene rings is 1. The monoisotopic (exact) mass is 471 g/mol. The summed E-state index contributed by atoms with van der Waals surface area (Å²) in [5.74, 6) is -0.127. The molecule has 0 bridgehead atoms. The third-order valence-corrected chi connectivity index (χ3v) is 6.48. The average Bonchev–Trinajstić information content (AvgIpc) is 3.36. The Morgan fingerprint density at radius 3 is 2.65 bits per heavy atom. The first-order valence-electron chi connectivity index (χ1n) is 10.6. The van der Waals surface area contributed by atoms with E-state index in [1.54, 1.807) is 17.8 Å². The zero-order chi connectivity index (χ0) is 22.3. The number of unbranched alkanes of at least 4 members (excludes halogenated alkanes) is 5. The molecule has 0 saturated carbocycles. The standard InChI is InChI=1S/C22H28F3N3OS2/c1-3-4-5-6-7-8-11-29-20-10-9-16(12-17(20)22(23,24)25)27-21-28-19(14-31-21)18-13-30-15(2)26-18/h9-10,12-15,26H,3-8,11H2,1-2H3,(H,27,28). The maximum Gasteiger partial charge on any atom is 0.420 e. The first kappa shape index (κ1) is 23.8. The molecule has 4 nitrogen and oxygen atoms in total. The third-order valence-electron chi connectivity index (χ3n) is 4.82. The second kappa shape index (κ2) is 11.1. The first-order valence-corrected chi connectivity index (χ1v) is 12.4. The Labute approximate surface area is 189 Å². The number of alkyl halides is 3. The molecule has 1 unspecified atom stereocenters. The van der Waals surface area contributed by atoms with Gasteiger partial charge in [-0.25, -0.2) is 4.98 Å². The van der Waals surface area contributed by atoms with Crippen LogP contribution in [0.5, 0.6) is 5.75 Å². The van der Waals surface area contributed by atoms with Crippen molar-refractivity contribution < 1.29 is 17.9 Å². The summed E-state index contributed by atoms with van der Waals surface area (Å²) >= 11 is 3.01. The van der Waals surface area contributed by atoms with E-state index < -0.39 is 11.7 Å². The summed E-state index contributed by atoms with van der Waals surface area (Å²) in [6, 6.07) is 4.07. The minimum Gasteiger partial charge on any atom is -0.493 e. The van der Waals surface area contributed by atoms with Crippen LogP contribution in [0, 0.1) is 0 Å². The molecule has 31 heavy (non-hydrogen) atoms. The van der Waals surface area contributed by atoms with Gasteiger partial charge >= 0.3 is 6.18 Å². The van der Waals surface area contributed by atoms with Crippen molar-refractivity contribution in [3.63, 3.8) is 0 Å². The van der Waals surface area contributed by atoms with Gasteiger partial charge in [0.15, 0.2) is 5.13 Å². The fourth-order valence-electron chi connectivity index (χ4n) is 3.19. The normalized spacial score (nSPS) is 16.2. The minimum absolute atomic E-state index is 0.127. The van der Waals surface area contributed by atoms with E-state index in [1.165, 1.54) is 30.2 Å². The lowest BCUT2D eigenvalue weighted by Gasteiger charge is -2.15. The number of ether oxygens (including phenoxy) is 1. The Bertz CT molecular complexity index is 883. The Hall–Kier alpha value is -1.87. The van der Waals surface area contributed by atoms with Crippen molar-refractivity contribution >= 4 is 39.6 Å². The number of hydrogen-bond acceptors (Lipinski definition) is 6. The number of nitrogens with one attached hydrogen (secondary N) is 2. The summed E-state index contributed by atoms with van der Waals surface area (Å²) in [7, 11) is 0. The Balaban J connectivity index is 1.61. The molecule has 0 aliphatic carbocycles. The van der Waals surface area contributed by atoms with Crippen LogP contribution in [-0.2, 0) is 6.18 Å². The highest BCUT2D eigenvalue weighted by atomic mass is 32.2. The fraction of sp³-hybridized carbons (Fsp3) is 0.500. The van der Waals surface area contributed by atoms with Crippen LogP contribution in [0.2, 0.25) is 0 Å². The molecular formula is C22H28F3N3OS2. The van der Waals surface area contributed by atoms with Crippen molar-refractivity contribution in [2.45, 2.75) is 63.9 Å². The van der Waals surface area contributed by atoms with E-state index in [1.807, 2.05) is 10.8 Å². The van der Waals surface area contributed by atoms with Crippen molar-refractivity contribution in [3.8, 4) is 5.75 Å². The molecule has 0 saturated heterocycles. The quantitative estimate of drug-likeness (QED) is 0.330. The number of hydrogen-bond donors (Lipinski definition) is 2. The summed E-state index contributed by atoms with van der Waals surface area (Å²) < 4.78 is 46.2. The number of aromatic nitrogens is 1. The lowest BCUT2D eigenvalue weighted by molar-refractivity contribution is -0.138. The van der Waals surface area contributed by atoms with Crippen molar-refractivity contribution in [2.24, 2.45) is 0 Å². The third kappa shape index (κ3) is 7.07. The molecule has 2 heterocycles. The molecule has 1 aliphatic heterocycles. The Morgan fingerprint density at radius 2 is 1.94 bits per heavy atom. The molecule has 170 valence electrons. The molecule has 2 N–H and O–H groups in total. The number of halogens is 3. The van der Waals surface area contributed by atoms with E-state index in [-0.39, 0.29) is 17.7 Å². The van der Waals surface area contributed by atoms with Crippen LogP contribution in [-0.4, -0.2) is 17.0 Å². The van der Waals surface area contributed by atoms with Crippen LogP contribution in [0.25, 0.3) is 5.70 Å². The summed E-state index contributed by atoms with van der Waals surface area (Å²) in [4.78, 5) is 4.48. The molecule has 0 fully saturated rings. The molecule has 0 amide bonds. The Kier molecular flexibility index (Phi) is 8.54. The molecule has 1 atom stereocenters. The predicted octanol–water partition coefficient (Wildman–Crippen LogP) is 7.63. The Morgan fingerprint density at radius 1 is 1.16 bits per heavy atom. The van der Waals surface area contributed by atoms with Crippen molar-refractivity contribution in [2.75, 3.05) is 11.9 Å². The molecule has 1 aromatic carbocycles. The van der Waals surface area contributed by atoms with Gasteiger partial charge in [-0.3, -0.25) is 0 Å². The molecular weight excluding hydrogens is 443 g/mol. The van der Waals surface area contributed by atoms with E-state index in [9.17, 15) is 13.2 Å². The van der Waals surface area contributed by atoms with Crippen molar-refractivity contribution in [1.29, 1.82) is 0 Å². The van der Waals surface area contributed by atoms with Gasteiger partial charge in [0.05, 0.1) is 28.9 Å². The summed E-state index contributed by atoms with van der Waals surface area (Å²) in [5.41, 5.74) is 1.26. The van der Waals surface area contributed by atoms with Crippen molar-refractivity contribution in [3.05, 3.63) is 40.2 Å². The molecule has 1 aliphatic rings. The van der Waals surface area contributed by atoms with Gasteiger partial charge in [0.25, 0.3) is 0 Å². The molecule has 2 aromatic rings. The second-order valence-electron chi connectivity index (χ2n) is 7.44. The minimum atomic E-state index is -4.49. The maximum absolute atomic E-state index is 13.6. The maximum atomic E-state index is 13.6. The SMILES string of the molecule is CCCCCCCCOc1ccc(Nc2nc(C3=CSC(C)N3)cs2)cc1C(F)(F)F. The van der Waals surface area contributed by atoms with Crippen LogP contribution in [0.15, 0.2) is 29.0 Å². The molecule has 3 rings (SSSR count). The highest BCUT2D eigenvalue weighted by molar-refractivity contribution is 8.03. The largest absolute Gasteiger partial charge is 0.493 e. The number of nitrogens with zero attached hydrogens (tertiary/aromatic N) is 1. The molecule has 1 aromatic heterocycles. The van der Waals surface area contributed by atoms with E-state index in [0.29, 0.717) is 10.8 Å².